The highest BCUT2D eigenvalue weighted by molar-refractivity contribution is 7.21. The molecule has 0 aliphatic carbocycles. The van der Waals surface area contributed by atoms with Crippen LogP contribution < -0.4 is 15.8 Å². The van der Waals surface area contributed by atoms with Gasteiger partial charge in [-0.25, -0.2) is 4.98 Å². The van der Waals surface area contributed by atoms with Gasteiger partial charge >= 0.3 is 6.18 Å². The number of benzene rings is 2. The number of nitrogens with one attached hydrogen (secondary N) is 1. The van der Waals surface area contributed by atoms with Crippen LogP contribution in [0.2, 0.25) is 0 Å². The highest BCUT2D eigenvalue weighted by Gasteiger charge is 2.34. The number of carbonyl (C=O) groups excluding carboxylic acids is 1. The topological polar surface area (TPSA) is 77.2 Å². The predicted octanol–water partition coefficient (Wildman–Crippen LogP) is 5.83. The van der Waals surface area contributed by atoms with Crippen molar-refractivity contribution in [2.45, 2.75) is 6.18 Å². The molecule has 9 heteroatoms. The van der Waals surface area contributed by atoms with Crippen LogP contribution in [0.4, 0.5) is 24.5 Å². The van der Waals surface area contributed by atoms with Gasteiger partial charge in [0, 0.05) is 10.9 Å². The molecule has 0 radical (unpaired) electrons. The predicted molar refractivity (Wildman–Crippen MR) is 115 cm³/mol. The average Bonchev–Trinajstić information content (AvgIpc) is 3.09. The molecule has 0 saturated carbocycles. The second-order valence-corrected chi connectivity index (χ2v) is 7.62. The van der Waals surface area contributed by atoms with Crippen molar-refractivity contribution in [1.29, 1.82) is 0 Å². The van der Waals surface area contributed by atoms with Crippen LogP contribution in [0.1, 0.15) is 15.2 Å². The molecule has 0 unspecified atom stereocenters. The molecule has 0 atom stereocenters. The van der Waals surface area contributed by atoms with Crippen LogP contribution in [-0.2, 0) is 6.18 Å². The van der Waals surface area contributed by atoms with E-state index in [1.54, 1.807) is 31.4 Å². The van der Waals surface area contributed by atoms with Crippen LogP contribution in [0.3, 0.4) is 0 Å². The van der Waals surface area contributed by atoms with Gasteiger partial charge in [0.2, 0.25) is 0 Å². The number of para-hydroxylation sites is 1. The standard InChI is InChI=1S/C22H16F3N3O2S/c1-30-13-8-6-12(7-9-13)16-11-10-14-18(26)19(31-21(14)28-16)20(29)27-17-5-3-2-4-15(17)22(23,24)25/h2-11H,26H2,1H3,(H,27,29). The first-order valence-electron chi connectivity index (χ1n) is 9.09. The van der Waals surface area contributed by atoms with Crippen molar-refractivity contribution in [3.63, 3.8) is 0 Å². The molecule has 0 aliphatic rings. The normalized spacial score (nSPS) is 11.5. The van der Waals surface area contributed by atoms with Crippen molar-refractivity contribution in [2.75, 3.05) is 18.2 Å². The van der Waals surface area contributed by atoms with Crippen LogP contribution >= 0.6 is 11.3 Å². The summed E-state index contributed by atoms with van der Waals surface area (Å²) in [6.45, 7) is 0. The third kappa shape index (κ3) is 4.04. The lowest BCUT2D eigenvalue weighted by Gasteiger charge is -2.13. The molecule has 0 spiro atoms. The van der Waals surface area contributed by atoms with E-state index in [0.29, 0.717) is 21.7 Å². The fraction of sp³-hybridized carbons (Fsp3) is 0.0909. The smallest absolute Gasteiger partial charge is 0.418 e. The number of amides is 1. The molecule has 0 bridgehead atoms. The summed E-state index contributed by atoms with van der Waals surface area (Å²) in [5.74, 6) is -0.00788. The summed E-state index contributed by atoms with van der Waals surface area (Å²) in [6.07, 6.45) is -4.59. The zero-order valence-corrected chi connectivity index (χ0v) is 17.0. The first-order valence-corrected chi connectivity index (χ1v) is 9.90. The fourth-order valence-electron chi connectivity index (χ4n) is 3.11. The number of rotatable bonds is 4. The molecule has 3 N–H and O–H groups in total. The van der Waals surface area contributed by atoms with Gasteiger partial charge in [0.05, 0.1) is 29.7 Å². The minimum absolute atomic E-state index is 0.103. The van der Waals surface area contributed by atoms with E-state index < -0.39 is 17.6 Å². The number of aromatic nitrogens is 1. The molecule has 2 aromatic carbocycles. The maximum atomic E-state index is 13.2. The molecule has 0 fully saturated rings. The quantitative estimate of drug-likeness (QED) is 0.416. The molecule has 0 saturated heterocycles. The number of nitrogen functional groups attached to an aromatic ring is 1. The molecule has 4 aromatic rings. The Morgan fingerprint density at radius 3 is 2.45 bits per heavy atom. The fourth-order valence-corrected chi connectivity index (χ4v) is 4.10. The minimum atomic E-state index is -4.59. The van der Waals surface area contributed by atoms with E-state index in [9.17, 15) is 18.0 Å². The molecule has 2 aromatic heterocycles. The number of hydrogen-bond acceptors (Lipinski definition) is 5. The Bertz CT molecular complexity index is 1270. The largest absolute Gasteiger partial charge is 0.497 e. The number of thiophene rings is 1. The third-order valence-corrected chi connectivity index (χ3v) is 5.78. The van der Waals surface area contributed by atoms with Gasteiger partial charge in [-0.3, -0.25) is 4.79 Å². The summed E-state index contributed by atoms with van der Waals surface area (Å²) >= 11 is 1.03. The van der Waals surface area contributed by atoms with Gasteiger partial charge in [-0.1, -0.05) is 12.1 Å². The van der Waals surface area contributed by atoms with Gasteiger partial charge < -0.3 is 15.8 Å². The summed E-state index contributed by atoms with van der Waals surface area (Å²) in [5.41, 5.74) is 6.55. The highest BCUT2D eigenvalue weighted by Crippen LogP contribution is 2.37. The Morgan fingerprint density at radius 1 is 1.06 bits per heavy atom. The van der Waals surface area contributed by atoms with Gasteiger partial charge in [-0.05, 0) is 48.5 Å². The monoisotopic (exact) mass is 443 g/mol. The Labute approximate surface area is 179 Å². The number of carbonyl (C=O) groups is 1. The maximum Gasteiger partial charge on any atom is 0.418 e. The van der Waals surface area contributed by atoms with Gasteiger partial charge in [0.1, 0.15) is 15.5 Å². The summed E-state index contributed by atoms with van der Waals surface area (Å²) in [5, 5.41) is 2.89. The molecule has 1 amide bonds. The first-order chi connectivity index (χ1) is 14.8. The number of methoxy groups -OCH3 is 1. The van der Waals surface area contributed by atoms with Crippen LogP contribution in [0.15, 0.2) is 60.7 Å². The summed E-state index contributed by atoms with van der Waals surface area (Å²) in [7, 11) is 1.58. The van der Waals surface area contributed by atoms with E-state index in [4.69, 9.17) is 10.5 Å². The maximum absolute atomic E-state index is 13.2. The van der Waals surface area contributed by atoms with Crippen LogP contribution in [0, 0.1) is 0 Å². The Morgan fingerprint density at radius 2 is 1.77 bits per heavy atom. The highest BCUT2D eigenvalue weighted by atomic mass is 32.1. The van der Waals surface area contributed by atoms with E-state index in [1.807, 2.05) is 12.1 Å². The van der Waals surface area contributed by atoms with Crippen molar-refractivity contribution in [3.05, 3.63) is 71.1 Å². The molecule has 4 rings (SSSR count). The van der Waals surface area contributed by atoms with Crippen molar-refractivity contribution >= 4 is 38.8 Å². The van der Waals surface area contributed by atoms with Crippen molar-refractivity contribution in [1.82, 2.24) is 4.98 Å². The van der Waals surface area contributed by atoms with Crippen molar-refractivity contribution in [2.24, 2.45) is 0 Å². The Hall–Kier alpha value is -3.59. The van der Waals surface area contributed by atoms with Crippen LogP contribution in [0.25, 0.3) is 21.5 Å². The second kappa shape index (κ2) is 7.92. The molecular weight excluding hydrogens is 427 g/mol. The Balaban J connectivity index is 1.67. The zero-order valence-electron chi connectivity index (χ0n) is 16.2. The summed E-state index contributed by atoms with van der Waals surface area (Å²) < 4.78 is 44.8. The summed E-state index contributed by atoms with van der Waals surface area (Å²) in [4.78, 5) is 17.9. The van der Waals surface area contributed by atoms with Gasteiger partial charge in [-0.2, -0.15) is 13.2 Å². The molecule has 0 aliphatic heterocycles. The van der Waals surface area contributed by atoms with Crippen LogP contribution in [-0.4, -0.2) is 18.0 Å². The second-order valence-electron chi connectivity index (χ2n) is 6.62. The average molecular weight is 443 g/mol. The number of halogens is 3. The van der Waals surface area contributed by atoms with E-state index in [0.717, 1.165) is 23.0 Å². The van der Waals surface area contributed by atoms with E-state index in [-0.39, 0.29) is 16.3 Å². The molecule has 2 heterocycles. The minimum Gasteiger partial charge on any atom is -0.497 e. The van der Waals surface area contributed by atoms with Crippen molar-refractivity contribution in [3.8, 4) is 17.0 Å². The number of nitrogens with zero attached hydrogens (tertiary/aromatic N) is 1. The number of ether oxygens (including phenoxy) is 1. The number of alkyl halides is 3. The third-order valence-electron chi connectivity index (χ3n) is 4.67. The molecule has 31 heavy (non-hydrogen) atoms. The number of fused-ring (bicyclic) bond motifs is 1. The lowest BCUT2D eigenvalue weighted by atomic mass is 10.1. The Kier molecular flexibility index (Phi) is 5.28. The first kappa shape index (κ1) is 20.7. The van der Waals surface area contributed by atoms with Crippen molar-refractivity contribution < 1.29 is 22.7 Å². The van der Waals surface area contributed by atoms with Gasteiger partial charge in [-0.15, -0.1) is 11.3 Å². The molecular formula is C22H16F3N3O2S. The van der Waals surface area contributed by atoms with E-state index in [2.05, 4.69) is 10.3 Å². The van der Waals surface area contributed by atoms with E-state index >= 15 is 0 Å². The van der Waals surface area contributed by atoms with E-state index in [1.165, 1.54) is 18.2 Å². The number of anilines is 2. The SMILES string of the molecule is COc1ccc(-c2ccc3c(N)c(C(=O)Nc4ccccc4C(F)(F)F)sc3n2)cc1. The summed E-state index contributed by atoms with van der Waals surface area (Å²) in [6, 6.07) is 15.6. The number of nitrogens with two attached hydrogens (primary N) is 1. The number of pyridine rings is 1. The lowest BCUT2D eigenvalue weighted by molar-refractivity contribution is -0.136. The number of hydrogen-bond donors (Lipinski definition) is 2. The van der Waals surface area contributed by atoms with Gasteiger partial charge in [0.15, 0.2) is 0 Å². The van der Waals surface area contributed by atoms with Crippen LogP contribution in [0.5, 0.6) is 5.75 Å². The zero-order chi connectivity index (χ0) is 22.2. The lowest BCUT2D eigenvalue weighted by Crippen LogP contribution is -2.16. The van der Waals surface area contributed by atoms with Gasteiger partial charge in [0.25, 0.3) is 5.91 Å². The molecule has 158 valence electrons. The molecule has 5 nitrogen and oxygen atoms in total.